The number of nitrogens with two attached hydrogens (primary N) is 1. The van der Waals surface area contributed by atoms with E-state index in [0.717, 1.165) is 17.3 Å². The number of carbonyl (C=O) groups excluding carboxylic acids is 2. The number of aryl methyl sites for hydroxylation is 1. The summed E-state index contributed by atoms with van der Waals surface area (Å²) in [6, 6.07) is 14.0. The number of aromatic nitrogens is 2. The lowest BCUT2D eigenvalue weighted by Gasteiger charge is -2.10. The highest BCUT2D eigenvalue weighted by atomic mass is 32.2. The van der Waals surface area contributed by atoms with Gasteiger partial charge >= 0.3 is 0 Å². The van der Waals surface area contributed by atoms with E-state index in [9.17, 15) is 9.59 Å². The van der Waals surface area contributed by atoms with Crippen molar-refractivity contribution in [3.63, 3.8) is 0 Å². The Kier molecular flexibility index (Phi) is 6.50. The molecule has 0 fully saturated rings. The molecule has 0 spiro atoms. The maximum atomic E-state index is 12.3. The van der Waals surface area contributed by atoms with Gasteiger partial charge in [0, 0.05) is 11.3 Å². The molecule has 9 heteroatoms. The first-order chi connectivity index (χ1) is 13.9. The molecule has 0 aliphatic heterocycles. The van der Waals surface area contributed by atoms with Crippen LogP contribution in [0.5, 0.6) is 5.75 Å². The third-order valence-corrected chi connectivity index (χ3v) is 4.82. The molecule has 1 atom stereocenters. The number of benzene rings is 2. The standard InChI is InChI=1S/C20H20N4O4S/c1-12-4-3-5-16(10-12)27-11-17-23-24-20(28-17)29-13(2)19(26)22-15-8-6-14(7-9-15)18(21)25/h3-10,13H,11H2,1-2H3,(H2,21,25)(H,22,26)/t13-/m0/s1. The molecule has 2 aromatic carbocycles. The third-order valence-electron chi connectivity index (χ3n) is 3.88. The maximum Gasteiger partial charge on any atom is 0.277 e. The Balaban J connectivity index is 1.51. The number of amides is 2. The molecule has 0 saturated heterocycles. The van der Waals surface area contributed by atoms with Crippen molar-refractivity contribution >= 4 is 29.3 Å². The lowest BCUT2D eigenvalue weighted by atomic mass is 10.2. The summed E-state index contributed by atoms with van der Waals surface area (Å²) in [7, 11) is 0. The monoisotopic (exact) mass is 412 g/mol. The molecule has 1 aromatic heterocycles. The molecule has 2 amide bonds. The molecule has 3 rings (SSSR count). The molecule has 0 unspecified atom stereocenters. The average Bonchev–Trinajstić information content (AvgIpc) is 3.14. The van der Waals surface area contributed by atoms with Crippen molar-refractivity contribution in [1.82, 2.24) is 10.2 Å². The van der Waals surface area contributed by atoms with Crippen molar-refractivity contribution in [2.75, 3.05) is 5.32 Å². The Morgan fingerprint density at radius 2 is 1.97 bits per heavy atom. The molecular weight excluding hydrogens is 392 g/mol. The fourth-order valence-corrected chi connectivity index (χ4v) is 3.06. The number of hydrogen-bond donors (Lipinski definition) is 2. The Bertz CT molecular complexity index is 1000. The molecule has 150 valence electrons. The number of anilines is 1. The molecule has 3 aromatic rings. The van der Waals surface area contributed by atoms with Crippen LogP contribution in [-0.4, -0.2) is 27.3 Å². The summed E-state index contributed by atoms with van der Waals surface area (Å²) >= 11 is 1.14. The van der Waals surface area contributed by atoms with Gasteiger partial charge in [-0.2, -0.15) is 0 Å². The Morgan fingerprint density at radius 1 is 1.21 bits per heavy atom. The lowest BCUT2D eigenvalue weighted by Crippen LogP contribution is -2.22. The average molecular weight is 412 g/mol. The normalized spacial score (nSPS) is 11.7. The number of primary amides is 1. The van der Waals surface area contributed by atoms with Crippen molar-refractivity contribution < 1.29 is 18.7 Å². The first-order valence-electron chi connectivity index (χ1n) is 8.80. The highest BCUT2D eigenvalue weighted by Crippen LogP contribution is 2.24. The fraction of sp³-hybridized carbons (Fsp3) is 0.200. The molecule has 0 aliphatic rings. The van der Waals surface area contributed by atoms with Crippen molar-refractivity contribution in [3.8, 4) is 5.75 Å². The largest absolute Gasteiger partial charge is 0.484 e. The fourth-order valence-electron chi connectivity index (χ4n) is 2.36. The number of carbonyl (C=O) groups is 2. The van der Waals surface area contributed by atoms with Gasteiger partial charge in [0.15, 0.2) is 6.61 Å². The predicted octanol–water partition coefficient (Wildman–Crippen LogP) is 3.18. The maximum absolute atomic E-state index is 12.3. The minimum atomic E-state index is -0.523. The van der Waals surface area contributed by atoms with E-state index in [0.29, 0.717) is 22.9 Å². The van der Waals surface area contributed by atoms with Crippen molar-refractivity contribution in [1.29, 1.82) is 0 Å². The van der Waals surface area contributed by atoms with Gasteiger partial charge in [0.2, 0.25) is 11.8 Å². The van der Waals surface area contributed by atoms with Crippen LogP contribution in [0.2, 0.25) is 0 Å². The highest BCUT2D eigenvalue weighted by Gasteiger charge is 2.19. The van der Waals surface area contributed by atoms with Crippen LogP contribution in [0.15, 0.2) is 58.2 Å². The molecular formula is C20H20N4O4S. The lowest BCUT2D eigenvalue weighted by molar-refractivity contribution is -0.115. The second-order valence-corrected chi connectivity index (χ2v) is 7.55. The number of thioether (sulfide) groups is 1. The summed E-state index contributed by atoms with van der Waals surface area (Å²) in [5, 5.41) is 10.4. The van der Waals surface area contributed by atoms with E-state index in [1.54, 1.807) is 31.2 Å². The van der Waals surface area contributed by atoms with Gasteiger partial charge in [-0.05, 0) is 55.8 Å². The highest BCUT2D eigenvalue weighted by molar-refractivity contribution is 8.00. The van der Waals surface area contributed by atoms with Crippen LogP contribution in [0.3, 0.4) is 0 Å². The number of ether oxygens (including phenoxy) is 1. The smallest absolute Gasteiger partial charge is 0.277 e. The van der Waals surface area contributed by atoms with Crippen molar-refractivity contribution in [2.24, 2.45) is 5.73 Å². The summed E-state index contributed by atoms with van der Waals surface area (Å²) in [5.74, 6) is 0.277. The van der Waals surface area contributed by atoms with Crippen molar-refractivity contribution in [3.05, 3.63) is 65.5 Å². The molecule has 29 heavy (non-hydrogen) atoms. The van der Waals surface area contributed by atoms with Gasteiger partial charge in [0.25, 0.3) is 11.1 Å². The topological polar surface area (TPSA) is 120 Å². The van der Waals surface area contributed by atoms with E-state index in [4.69, 9.17) is 14.9 Å². The first-order valence-corrected chi connectivity index (χ1v) is 9.68. The Hall–Kier alpha value is -3.33. The van der Waals surface area contributed by atoms with Crippen LogP contribution in [0.4, 0.5) is 5.69 Å². The second-order valence-electron chi connectivity index (χ2n) is 6.26. The predicted molar refractivity (Wildman–Crippen MR) is 109 cm³/mol. The summed E-state index contributed by atoms with van der Waals surface area (Å²) in [6.45, 7) is 3.85. The summed E-state index contributed by atoms with van der Waals surface area (Å²) in [4.78, 5) is 23.4. The number of hydrogen-bond acceptors (Lipinski definition) is 7. The number of rotatable bonds is 8. The van der Waals surface area contributed by atoms with E-state index in [1.165, 1.54) is 0 Å². The van der Waals surface area contributed by atoms with E-state index in [1.807, 2.05) is 31.2 Å². The zero-order valence-corrected chi connectivity index (χ0v) is 16.7. The summed E-state index contributed by atoms with van der Waals surface area (Å²) in [6.07, 6.45) is 0. The SMILES string of the molecule is Cc1cccc(OCc2nnc(S[C@@H](C)C(=O)Nc3ccc(C(N)=O)cc3)o2)c1. The van der Waals surface area contributed by atoms with E-state index < -0.39 is 11.2 Å². The molecule has 8 nitrogen and oxygen atoms in total. The number of nitrogens with one attached hydrogen (secondary N) is 1. The molecule has 1 heterocycles. The first kappa shape index (κ1) is 20.4. The van der Waals surface area contributed by atoms with E-state index >= 15 is 0 Å². The van der Waals surface area contributed by atoms with Crippen LogP contribution in [0.25, 0.3) is 0 Å². The van der Waals surface area contributed by atoms with Crippen LogP contribution in [0, 0.1) is 6.92 Å². The Morgan fingerprint density at radius 3 is 2.66 bits per heavy atom. The van der Waals surface area contributed by atoms with Gasteiger partial charge < -0.3 is 20.2 Å². The van der Waals surface area contributed by atoms with Crippen molar-refractivity contribution in [2.45, 2.75) is 30.9 Å². The summed E-state index contributed by atoms with van der Waals surface area (Å²) < 4.78 is 11.2. The zero-order valence-electron chi connectivity index (χ0n) is 15.9. The van der Waals surface area contributed by atoms with Gasteiger partial charge in [-0.1, -0.05) is 23.9 Å². The minimum Gasteiger partial charge on any atom is -0.484 e. The van der Waals surface area contributed by atoms with Gasteiger partial charge in [-0.25, -0.2) is 0 Å². The van der Waals surface area contributed by atoms with E-state index in [2.05, 4.69) is 15.5 Å². The third kappa shape index (κ3) is 5.82. The van der Waals surface area contributed by atoms with Crippen LogP contribution >= 0.6 is 11.8 Å². The zero-order chi connectivity index (χ0) is 20.8. The van der Waals surface area contributed by atoms with Gasteiger partial charge in [0.1, 0.15) is 5.75 Å². The van der Waals surface area contributed by atoms with Crippen LogP contribution in [-0.2, 0) is 11.4 Å². The second kappa shape index (κ2) is 9.24. The van der Waals surface area contributed by atoms with E-state index in [-0.39, 0.29) is 17.7 Å². The van der Waals surface area contributed by atoms with Gasteiger partial charge in [0.05, 0.1) is 5.25 Å². The Labute approximate surface area is 171 Å². The van der Waals surface area contributed by atoms with Crippen LogP contribution < -0.4 is 15.8 Å². The minimum absolute atomic E-state index is 0.143. The van der Waals surface area contributed by atoms with Crippen LogP contribution in [0.1, 0.15) is 28.7 Å². The number of nitrogens with zero attached hydrogens (tertiary/aromatic N) is 2. The molecule has 0 aliphatic carbocycles. The molecule has 0 saturated carbocycles. The molecule has 0 bridgehead atoms. The van der Waals surface area contributed by atoms with Gasteiger partial charge in [-0.3, -0.25) is 9.59 Å². The molecule has 3 N–H and O–H groups in total. The molecule has 0 radical (unpaired) electrons. The quantitative estimate of drug-likeness (QED) is 0.545. The van der Waals surface area contributed by atoms with Gasteiger partial charge in [-0.15, -0.1) is 10.2 Å². The summed E-state index contributed by atoms with van der Waals surface area (Å²) in [5.41, 5.74) is 7.22.